The molecule has 2 N–H and O–H groups in total. The van der Waals surface area contributed by atoms with Crippen LogP contribution in [0.1, 0.15) is 22.9 Å². The first-order valence-corrected chi connectivity index (χ1v) is 12.9. The molecule has 0 saturated carbocycles. The number of guanidine groups is 2. The Hall–Kier alpha value is -3.55. The molecule has 1 atom stereocenters. The molecule has 0 spiro atoms. The van der Waals surface area contributed by atoms with Crippen molar-refractivity contribution in [1.29, 1.82) is 0 Å². The van der Waals surface area contributed by atoms with Crippen LogP contribution >= 0.6 is 47.2 Å². The Morgan fingerprint density at radius 2 is 1.31 bits per heavy atom. The van der Waals surface area contributed by atoms with Crippen molar-refractivity contribution in [2.75, 3.05) is 4.90 Å². The fourth-order valence-electron chi connectivity index (χ4n) is 5.17. The third kappa shape index (κ3) is 4.34. The minimum Gasteiger partial charge on any atom is -0.368 e. The van der Waals surface area contributed by atoms with E-state index in [1.165, 1.54) is 4.90 Å². The van der Waals surface area contributed by atoms with E-state index in [1.54, 1.807) is 24.3 Å². The number of halogens is 4. The summed E-state index contributed by atoms with van der Waals surface area (Å²) in [5.74, 6) is 0.0245. The van der Waals surface area contributed by atoms with Gasteiger partial charge in [-0.1, -0.05) is 114 Å². The molecular formula is C29H21Cl4N5O. The number of aliphatic imine (C=N–C) groups is 2. The molecule has 2 aliphatic heterocycles. The Morgan fingerprint density at radius 3 is 1.87 bits per heavy atom. The summed E-state index contributed by atoms with van der Waals surface area (Å²) in [4.78, 5) is 27.7. The van der Waals surface area contributed by atoms with E-state index in [4.69, 9.17) is 45.5 Å². The van der Waals surface area contributed by atoms with E-state index >= 15 is 0 Å². The van der Waals surface area contributed by atoms with Gasteiger partial charge in [0.2, 0.25) is 11.9 Å². The maximum atomic E-state index is 15.0. The van der Waals surface area contributed by atoms with E-state index in [0.29, 0.717) is 32.3 Å². The van der Waals surface area contributed by atoms with Gasteiger partial charge >= 0.3 is 0 Å². The van der Waals surface area contributed by atoms with Crippen molar-refractivity contribution in [1.82, 2.24) is 4.90 Å². The topological polar surface area (TPSA) is 74.3 Å². The van der Waals surface area contributed by atoms with Crippen LogP contribution in [0.3, 0.4) is 0 Å². The van der Waals surface area contributed by atoms with Gasteiger partial charge < -0.3 is 5.73 Å². The number of carbonyl (C=O) groups excluding carboxylic acids is 1. The van der Waals surface area contributed by atoms with Crippen LogP contribution in [-0.4, -0.2) is 22.7 Å². The molecule has 6 nitrogen and oxygen atoms in total. The largest absolute Gasteiger partial charge is 0.368 e. The average molecular weight is 597 g/mol. The molecular weight excluding hydrogens is 576 g/mol. The normalized spacial score (nSPS) is 17.7. The third-order valence-electron chi connectivity index (χ3n) is 6.68. The van der Waals surface area contributed by atoms with Gasteiger partial charge in [0.05, 0.1) is 5.69 Å². The van der Waals surface area contributed by atoms with E-state index in [9.17, 15) is 4.79 Å². The summed E-state index contributed by atoms with van der Waals surface area (Å²) in [5.41, 5.74) is 7.51. The van der Waals surface area contributed by atoms with E-state index in [1.807, 2.05) is 83.8 Å². The highest BCUT2D eigenvalue weighted by Gasteiger charge is 2.62. The number of rotatable bonds is 4. The Morgan fingerprint density at radius 1 is 0.769 bits per heavy atom. The zero-order chi connectivity index (χ0) is 26.4. The molecule has 4 aromatic carbocycles. The van der Waals surface area contributed by atoms with E-state index in [2.05, 4.69) is 4.99 Å². The number of hydrogen-bond acceptors (Lipinski definition) is 5. The molecule has 1 saturated heterocycles. The predicted molar refractivity (Wildman–Crippen MR) is 160 cm³/mol. The maximum Gasteiger partial charge on any atom is 0.269 e. The molecule has 6 rings (SSSR count). The Kier molecular flexibility index (Phi) is 7.31. The minimum absolute atomic E-state index is 0. The number of hydrogen-bond donors (Lipinski definition) is 1. The second kappa shape index (κ2) is 10.5. The molecule has 10 heteroatoms. The van der Waals surface area contributed by atoms with Gasteiger partial charge in [0.25, 0.3) is 5.91 Å². The van der Waals surface area contributed by atoms with Crippen LogP contribution in [0.25, 0.3) is 0 Å². The first-order chi connectivity index (χ1) is 18.4. The van der Waals surface area contributed by atoms with Gasteiger partial charge in [-0.15, -0.1) is 12.4 Å². The highest BCUT2D eigenvalue weighted by molar-refractivity contribution is 6.36. The number of benzene rings is 4. The standard InChI is InChI=1S/C29H20Cl3N5O.ClH/c30-20-15-21(31)17-22(16-20)36-26(38)29(18-9-3-1-4-10-18,19-11-5-2-6-12-19)37-25(34-27(33)35-28(36)37)23-13-7-8-14-24(23)32;/h1-17,25H,(H2,33,34);1H. The molecule has 1 fully saturated rings. The first-order valence-electron chi connectivity index (χ1n) is 11.8. The quantitative estimate of drug-likeness (QED) is 0.274. The average Bonchev–Trinajstić information content (AvgIpc) is 3.17. The lowest BCUT2D eigenvalue weighted by Crippen LogP contribution is -2.51. The summed E-state index contributed by atoms with van der Waals surface area (Å²) < 4.78 is 0. The summed E-state index contributed by atoms with van der Waals surface area (Å²) in [6, 6.07) is 31.4. The lowest BCUT2D eigenvalue weighted by atomic mass is 9.80. The van der Waals surface area contributed by atoms with Crippen molar-refractivity contribution in [3.05, 3.63) is 135 Å². The van der Waals surface area contributed by atoms with Gasteiger partial charge in [-0.3, -0.25) is 9.69 Å². The van der Waals surface area contributed by atoms with Crippen molar-refractivity contribution in [2.24, 2.45) is 15.7 Å². The van der Waals surface area contributed by atoms with Gasteiger partial charge in [-0.05, 0) is 35.4 Å². The molecule has 0 radical (unpaired) electrons. The maximum absolute atomic E-state index is 15.0. The van der Waals surface area contributed by atoms with E-state index in [-0.39, 0.29) is 24.3 Å². The Labute approximate surface area is 246 Å². The zero-order valence-electron chi connectivity index (χ0n) is 20.2. The van der Waals surface area contributed by atoms with Crippen molar-refractivity contribution >= 4 is 70.7 Å². The minimum atomic E-state index is -1.37. The van der Waals surface area contributed by atoms with Crippen LogP contribution < -0.4 is 10.6 Å². The molecule has 0 aromatic heterocycles. The lowest BCUT2D eigenvalue weighted by molar-refractivity contribution is -0.124. The van der Waals surface area contributed by atoms with Crippen molar-refractivity contribution in [3.63, 3.8) is 0 Å². The second-order valence-electron chi connectivity index (χ2n) is 8.87. The lowest BCUT2D eigenvalue weighted by Gasteiger charge is -2.42. The highest BCUT2D eigenvalue weighted by atomic mass is 35.5. The van der Waals surface area contributed by atoms with Crippen LogP contribution in [0, 0.1) is 0 Å². The number of nitrogens with two attached hydrogens (primary N) is 1. The Bertz CT molecular complexity index is 1550. The Balaban J connectivity index is 0.00000308. The second-order valence-corrected chi connectivity index (χ2v) is 10.2. The van der Waals surface area contributed by atoms with E-state index in [0.717, 1.165) is 11.1 Å². The molecule has 4 aromatic rings. The predicted octanol–water partition coefficient (Wildman–Crippen LogP) is 7.04. The molecule has 39 heavy (non-hydrogen) atoms. The monoisotopic (exact) mass is 595 g/mol. The van der Waals surface area contributed by atoms with Crippen LogP contribution in [0.2, 0.25) is 15.1 Å². The first kappa shape index (κ1) is 27.0. The van der Waals surface area contributed by atoms with Crippen LogP contribution in [0.5, 0.6) is 0 Å². The summed E-state index contributed by atoms with van der Waals surface area (Å²) in [6.07, 6.45) is -0.764. The summed E-state index contributed by atoms with van der Waals surface area (Å²) >= 11 is 19.5. The number of fused-ring (bicyclic) bond motifs is 1. The van der Waals surface area contributed by atoms with Crippen molar-refractivity contribution in [2.45, 2.75) is 11.7 Å². The zero-order valence-corrected chi connectivity index (χ0v) is 23.3. The summed E-state index contributed by atoms with van der Waals surface area (Å²) in [5, 5.41) is 1.25. The fraction of sp³-hybridized carbons (Fsp3) is 0.0690. The molecule has 0 aliphatic carbocycles. The summed E-state index contributed by atoms with van der Waals surface area (Å²) in [7, 11) is 0. The summed E-state index contributed by atoms with van der Waals surface area (Å²) in [6.45, 7) is 0. The molecule has 2 aliphatic rings. The smallest absolute Gasteiger partial charge is 0.269 e. The van der Waals surface area contributed by atoms with Gasteiger partial charge in [0, 0.05) is 20.6 Å². The van der Waals surface area contributed by atoms with E-state index < -0.39 is 11.7 Å². The van der Waals surface area contributed by atoms with Gasteiger partial charge in [0.15, 0.2) is 11.7 Å². The van der Waals surface area contributed by atoms with Crippen LogP contribution in [-0.2, 0) is 10.3 Å². The number of carbonyl (C=O) groups is 1. The third-order valence-corrected chi connectivity index (χ3v) is 7.46. The number of nitrogens with zero attached hydrogens (tertiary/aromatic N) is 4. The van der Waals surface area contributed by atoms with Crippen molar-refractivity contribution < 1.29 is 4.79 Å². The highest BCUT2D eigenvalue weighted by Crippen LogP contribution is 2.51. The fourth-order valence-corrected chi connectivity index (χ4v) is 5.92. The molecule has 1 unspecified atom stereocenters. The molecule has 1 amide bonds. The van der Waals surface area contributed by atoms with Gasteiger partial charge in [-0.2, -0.15) is 4.99 Å². The molecule has 0 bridgehead atoms. The molecule has 196 valence electrons. The van der Waals surface area contributed by atoms with Crippen molar-refractivity contribution in [3.8, 4) is 0 Å². The van der Waals surface area contributed by atoms with Crippen LogP contribution in [0.15, 0.2) is 113 Å². The SMILES string of the molecule is Cl.NC1=NC(c2ccccc2Cl)N2C(=N1)N(c1cc(Cl)cc(Cl)c1)C(=O)C2(c1ccccc1)c1ccccc1. The number of anilines is 1. The molecule has 2 heterocycles. The van der Waals surface area contributed by atoms with Gasteiger partial charge in [0.1, 0.15) is 0 Å². The number of amides is 1. The van der Waals surface area contributed by atoms with Crippen LogP contribution in [0.4, 0.5) is 5.69 Å². The van der Waals surface area contributed by atoms with Gasteiger partial charge in [-0.25, -0.2) is 9.89 Å².